The lowest BCUT2D eigenvalue weighted by Crippen LogP contribution is -2.47. The van der Waals surface area contributed by atoms with Gasteiger partial charge in [-0.05, 0) is 49.1 Å². The van der Waals surface area contributed by atoms with E-state index in [-0.39, 0.29) is 16.5 Å². The van der Waals surface area contributed by atoms with Crippen LogP contribution in [0.2, 0.25) is 0 Å². The Morgan fingerprint density at radius 3 is 2.08 bits per heavy atom. The zero-order valence-corrected chi connectivity index (χ0v) is 14.4. The van der Waals surface area contributed by atoms with Gasteiger partial charge in [0, 0.05) is 5.41 Å². The van der Waals surface area contributed by atoms with Crippen molar-refractivity contribution >= 4 is 0 Å². The summed E-state index contributed by atoms with van der Waals surface area (Å²) in [5.41, 5.74) is 2.61. The van der Waals surface area contributed by atoms with Crippen molar-refractivity contribution in [2.24, 2.45) is 27.5 Å². The SMILES string of the molecule is C[C@@]1(Cc2ccccc2)[C@]2(C)N=N[C@@]1(c1ccccc1)[C@H]1CC[C@H]12. The first-order valence-electron chi connectivity index (χ1n) is 9.15. The maximum Gasteiger partial charge on any atom is 0.118 e. The summed E-state index contributed by atoms with van der Waals surface area (Å²) in [4.78, 5) is 0. The molecule has 0 aromatic heterocycles. The molecule has 2 bridgehead atoms. The Balaban J connectivity index is 1.70. The van der Waals surface area contributed by atoms with Gasteiger partial charge in [-0.25, -0.2) is 0 Å². The van der Waals surface area contributed by atoms with E-state index in [1.807, 2.05) is 0 Å². The summed E-state index contributed by atoms with van der Waals surface area (Å²) in [5, 5.41) is 9.98. The van der Waals surface area contributed by atoms with E-state index < -0.39 is 0 Å². The number of azo groups is 1. The Labute approximate surface area is 144 Å². The number of hydrogen-bond acceptors (Lipinski definition) is 2. The van der Waals surface area contributed by atoms with Gasteiger partial charge in [-0.15, -0.1) is 0 Å². The molecule has 0 radical (unpaired) electrons. The van der Waals surface area contributed by atoms with Gasteiger partial charge in [0.25, 0.3) is 0 Å². The molecule has 2 saturated carbocycles. The van der Waals surface area contributed by atoms with Gasteiger partial charge in [0.2, 0.25) is 0 Å². The van der Waals surface area contributed by atoms with Crippen LogP contribution in [0.5, 0.6) is 0 Å². The second-order valence-corrected chi connectivity index (χ2v) is 8.26. The predicted octanol–water partition coefficient (Wildman–Crippen LogP) is 5.40. The van der Waals surface area contributed by atoms with Crippen LogP contribution in [0.1, 0.15) is 37.8 Å². The van der Waals surface area contributed by atoms with Crippen molar-refractivity contribution in [3.8, 4) is 0 Å². The number of hydrogen-bond donors (Lipinski definition) is 0. The maximum absolute atomic E-state index is 5.03. The summed E-state index contributed by atoms with van der Waals surface area (Å²) in [5.74, 6) is 1.33. The van der Waals surface area contributed by atoms with E-state index in [0.717, 1.165) is 6.42 Å². The largest absolute Gasteiger partial charge is 0.186 e. The first-order valence-corrected chi connectivity index (χ1v) is 9.15. The number of fused-ring (bicyclic) bond motifs is 5. The summed E-state index contributed by atoms with van der Waals surface area (Å²) in [6.45, 7) is 4.82. The third-order valence-corrected chi connectivity index (χ3v) is 7.52. The van der Waals surface area contributed by atoms with E-state index in [1.54, 1.807) is 0 Å². The minimum absolute atomic E-state index is 0.0363. The van der Waals surface area contributed by atoms with Crippen LogP contribution in [-0.2, 0) is 12.0 Å². The van der Waals surface area contributed by atoms with Crippen LogP contribution in [0.15, 0.2) is 70.9 Å². The van der Waals surface area contributed by atoms with Gasteiger partial charge in [-0.2, -0.15) is 10.2 Å². The Bertz CT molecular complexity index is 799. The van der Waals surface area contributed by atoms with Crippen LogP contribution in [0.4, 0.5) is 0 Å². The van der Waals surface area contributed by atoms with Crippen LogP contribution < -0.4 is 0 Å². The van der Waals surface area contributed by atoms with Gasteiger partial charge >= 0.3 is 0 Å². The van der Waals surface area contributed by atoms with Gasteiger partial charge in [-0.1, -0.05) is 67.6 Å². The molecule has 0 N–H and O–H groups in total. The summed E-state index contributed by atoms with van der Waals surface area (Å²) in [7, 11) is 0. The minimum atomic E-state index is -0.151. The average Bonchev–Trinajstić information content (AvgIpc) is 2.83. The Hall–Kier alpha value is -1.96. The first-order chi connectivity index (χ1) is 11.6. The van der Waals surface area contributed by atoms with Crippen LogP contribution in [0.25, 0.3) is 0 Å². The van der Waals surface area contributed by atoms with E-state index >= 15 is 0 Å². The van der Waals surface area contributed by atoms with Crippen LogP contribution >= 0.6 is 0 Å². The van der Waals surface area contributed by atoms with Crippen molar-refractivity contribution in [2.75, 3.05) is 0 Å². The highest BCUT2D eigenvalue weighted by Crippen LogP contribution is 2.76. The molecule has 2 aromatic carbocycles. The van der Waals surface area contributed by atoms with Crippen LogP contribution in [-0.4, -0.2) is 5.54 Å². The minimum Gasteiger partial charge on any atom is -0.186 e. The number of benzene rings is 2. The van der Waals surface area contributed by atoms with E-state index in [4.69, 9.17) is 10.2 Å². The van der Waals surface area contributed by atoms with Crippen molar-refractivity contribution in [1.82, 2.24) is 0 Å². The van der Waals surface area contributed by atoms with Gasteiger partial charge in [0.1, 0.15) is 5.54 Å². The fourth-order valence-corrected chi connectivity index (χ4v) is 6.03. The Kier molecular flexibility index (Phi) is 2.73. The zero-order chi connectivity index (χ0) is 16.4. The summed E-state index contributed by atoms with van der Waals surface area (Å²) < 4.78 is 0. The molecule has 3 aliphatic rings. The fraction of sp³-hybridized carbons (Fsp3) is 0.455. The quantitative estimate of drug-likeness (QED) is 0.725. The lowest BCUT2D eigenvalue weighted by Gasteiger charge is -2.45. The lowest BCUT2D eigenvalue weighted by molar-refractivity contribution is 0.0898. The maximum atomic E-state index is 5.03. The Morgan fingerprint density at radius 1 is 0.833 bits per heavy atom. The van der Waals surface area contributed by atoms with Gasteiger partial charge in [0.15, 0.2) is 0 Å². The van der Waals surface area contributed by atoms with E-state index in [0.29, 0.717) is 11.8 Å². The highest BCUT2D eigenvalue weighted by molar-refractivity contribution is 5.42. The predicted molar refractivity (Wildman–Crippen MR) is 95.8 cm³/mol. The third kappa shape index (κ3) is 1.44. The monoisotopic (exact) mass is 316 g/mol. The molecule has 2 aliphatic carbocycles. The summed E-state index contributed by atoms with van der Waals surface area (Å²) in [6, 6.07) is 21.9. The molecule has 2 nitrogen and oxygen atoms in total. The molecule has 5 rings (SSSR count). The molecule has 0 unspecified atom stereocenters. The topological polar surface area (TPSA) is 24.7 Å². The van der Waals surface area contributed by atoms with Crippen molar-refractivity contribution in [1.29, 1.82) is 0 Å². The van der Waals surface area contributed by atoms with Crippen molar-refractivity contribution < 1.29 is 0 Å². The summed E-state index contributed by atoms with van der Waals surface area (Å²) in [6.07, 6.45) is 3.64. The lowest BCUT2D eigenvalue weighted by atomic mass is 9.60. The average molecular weight is 316 g/mol. The molecule has 0 spiro atoms. The molecule has 24 heavy (non-hydrogen) atoms. The smallest absolute Gasteiger partial charge is 0.118 e. The van der Waals surface area contributed by atoms with E-state index in [2.05, 4.69) is 74.5 Å². The second-order valence-electron chi connectivity index (χ2n) is 8.26. The fourth-order valence-electron chi connectivity index (χ4n) is 6.03. The van der Waals surface area contributed by atoms with Gasteiger partial charge in [-0.3, -0.25) is 0 Å². The second kappa shape index (κ2) is 4.56. The van der Waals surface area contributed by atoms with Crippen LogP contribution in [0.3, 0.4) is 0 Å². The van der Waals surface area contributed by atoms with Crippen molar-refractivity contribution in [3.05, 3.63) is 71.8 Å². The van der Waals surface area contributed by atoms with E-state index in [9.17, 15) is 0 Å². The molecule has 122 valence electrons. The van der Waals surface area contributed by atoms with E-state index in [1.165, 1.54) is 24.0 Å². The zero-order valence-electron chi connectivity index (χ0n) is 14.4. The molecule has 5 atom stereocenters. The first kappa shape index (κ1) is 14.4. The molecule has 2 fully saturated rings. The molecule has 1 aliphatic heterocycles. The van der Waals surface area contributed by atoms with Gasteiger partial charge in [0.05, 0.1) is 5.54 Å². The molecule has 1 heterocycles. The molecule has 2 aromatic rings. The normalized spacial score (nSPS) is 41.9. The molecular formula is C22H24N2. The number of nitrogens with zero attached hydrogens (tertiary/aromatic N) is 2. The Morgan fingerprint density at radius 2 is 1.46 bits per heavy atom. The van der Waals surface area contributed by atoms with Gasteiger partial charge < -0.3 is 0 Å². The molecule has 2 heteroatoms. The van der Waals surface area contributed by atoms with Crippen LogP contribution in [0, 0.1) is 17.3 Å². The molecule has 0 amide bonds. The highest BCUT2D eigenvalue weighted by atomic mass is 15.3. The van der Waals surface area contributed by atoms with Crippen molar-refractivity contribution in [2.45, 2.75) is 44.2 Å². The number of rotatable bonds is 3. The van der Waals surface area contributed by atoms with Crippen molar-refractivity contribution in [3.63, 3.8) is 0 Å². The summed E-state index contributed by atoms with van der Waals surface area (Å²) >= 11 is 0. The standard InChI is InChI=1S/C22H24N2/c1-20(15-16-9-5-3-6-10-16)21(2)18-13-14-19(18)22(20,24-23-21)17-11-7-4-8-12-17/h3-12,18-19H,13-15H2,1-2H3/t18-,19+,20-,21-,22+/m1/s1. The third-order valence-electron chi connectivity index (χ3n) is 7.52. The molecular weight excluding hydrogens is 292 g/mol. The molecule has 0 saturated heterocycles. The highest BCUT2D eigenvalue weighted by Gasteiger charge is 2.78.